The normalized spacial score (nSPS) is 18.1. The standard InChI is InChI=1S/C27H36N2O4S/c1-20-8-3-6-11-24(20)33-19-23-22-13-17-34-25(22)12-15-29(23)26(30)18-28(14-7-16-32-2)27(31)21-9-4-5-10-21/h3,6,8,11,13,17,21,23H,4-5,7,9-10,12,14-16,18-19H2,1-2H3. The lowest BCUT2D eigenvalue weighted by molar-refractivity contribution is -0.144. The molecule has 1 aliphatic heterocycles. The lowest BCUT2D eigenvalue weighted by Gasteiger charge is -2.37. The number of aryl methyl sites for hydroxylation is 1. The first-order valence-electron chi connectivity index (χ1n) is 12.4. The van der Waals surface area contributed by atoms with Crippen molar-refractivity contribution < 1.29 is 19.1 Å². The van der Waals surface area contributed by atoms with Gasteiger partial charge < -0.3 is 19.3 Å². The fourth-order valence-electron chi connectivity index (χ4n) is 5.11. The number of amides is 2. The maximum absolute atomic E-state index is 13.6. The molecule has 34 heavy (non-hydrogen) atoms. The largest absolute Gasteiger partial charge is 0.491 e. The third-order valence-electron chi connectivity index (χ3n) is 7.02. The molecule has 1 aliphatic carbocycles. The fraction of sp³-hybridized carbons (Fsp3) is 0.556. The highest BCUT2D eigenvalue weighted by molar-refractivity contribution is 7.10. The summed E-state index contributed by atoms with van der Waals surface area (Å²) in [5.41, 5.74) is 2.25. The SMILES string of the molecule is COCCCN(CC(=O)N1CCc2sccc2C1COc1ccccc1C)C(=O)C1CCCC1. The molecule has 1 aromatic carbocycles. The van der Waals surface area contributed by atoms with Crippen LogP contribution in [0.2, 0.25) is 0 Å². The number of rotatable bonds is 10. The molecular formula is C27H36N2O4S. The van der Waals surface area contributed by atoms with Crippen LogP contribution in [0, 0.1) is 12.8 Å². The molecule has 1 aromatic heterocycles. The summed E-state index contributed by atoms with van der Waals surface area (Å²) in [5.74, 6) is 1.03. The smallest absolute Gasteiger partial charge is 0.242 e. The van der Waals surface area contributed by atoms with Gasteiger partial charge in [-0.15, -0.1) is 11.3 Å². The van der Waals surface area contributed by atoms with E-state index in [9.17, 15) is 9.59 Å². The number of para-hydroxylation sites is 1. The maximum atomic E-state index is 13.6. The van der Waals surface area contributed by atoms with E-state index in [0.717, 1.165) is 49.8 Å². The van der Waals surface area contributed by atoms with Gasteiger partial charge in [0.25, 0.3) is 0 Å². The molecule has 2 aromatic rings. The van der Waals surface area contributed by atoms with Crippen molar-refractivity contribution in [1.82, 2.24) is 9.80 Å². The molecule has 0 spiro atoms. The van der Waals surface area contributed by atoms with Gasteiger partial charge in [0.1, 0.15) is 12.4 Å². The van der Waals surface area contributed by atoms with Crippen LogP contribution in [-0.4, -0.2) is 61.6 Å². The molecule has 2 amide bonds. The van der Waals surface area contributed by atoms with Gasteiger partial charge in [0.2, 0.25) is 11.8 Å². The van der Waals surface area contributed by atoms with Crippen molar-refractivity contribution in [3.8, 4) is 5.75 Å². The van der Waals surface area contributed by atoms with E-state index in [2.05, 4.69) is 11.4 Å². The van der Waals surface area contributed by atoms with Crippen molar-refractivity contribution in [2.75, 3.05) is 40.0 Å². The van der Waals surface area contributed by atoms with Gasteiger partial charge >= 0.3 is 0 Å². The highest BCUT2D eigenvalue weighted by Crippen LogP contribution is 2.34. The van der Waals surface area contributed by atoms with Gasteiger partial charge in [0.05, 0.1) is 12.6 Å². The number of ether oxygens (including phenoxy) is 2. The van der Waals surface area contributed by atoms with E-state index in [1.165, 1.54) is 10.4 Å². The van der Waals surface area contributed by atoms with Gasteiger partial charge in [-0.1, -0.05) is 31.0 Å². The van der Waals surface area contributed by atoms with Gasteiger partial charge in [-0.3, -0.25) is 9.59 Å². The van der Waals surface area contributed by atoms with Gasteiger partial charge in [0, 0.05) is 37.6 Å². The predicted molar refractivity (Wildman–Crippen MR) is 134 cm³/mol. The second-order valence-electron chi connectivity index (χ2n) is 9.32. The molecule has 0 bridgehead atoms. The Kier molecular flexibility index (Phi) is 8.62. The van der Waals surface area contributed by atoms with E-state index in [1.54, 1.807) is 23.3 Å². The molecule has 1 saturated carbocycles. The Morgan fingerprint density at radius 3 is 2.74 bits per heavy atom. The second-order valence-corrected chi connectivity index (χ2v) is 10.3. The Balaban J connectivity index is 1.49. The fourth-order valence-corrected chi connectivity index (χ4v) is 6.04. The van der Waals surface area contributed by atoms with Gasteiger partial charge in [-0.25, -0.2) is 0 Å². The zero-order valence-corrected chi connectivity index (χ0v) is 21.1. The number of hydrogen-bond donors (Lipinski definition) is 0. The number of benzene rings is 1. The average molecular weight is 485 g/mol. The number of hydrogen-bond acceptors (Lipinski definition) is 5. The van der Waals surface area contributed by atoms with E-state index < -0.39 is 0 Å². The van der Waals surface area contributed by atoms with Crippen molar-refractivity contribution in [2.45, 2.75) is 51.5 Å². The van der Waals surface area contributed by atoms with Crippen LogP contribution in [-0.2, 0) is 20.7 Å². The van der Waals surface area contributed by atoms with Crippen LogP contribution in [0.15, 0.2) is 35.7 Å². The molecule has 7 heteroatoms. The zero-order chi connectivity index (χ0) is 23.9. The van der Waals surface area contributed by atoms with Crippen LogP contribution in [0.5, 0.6) is 5.75 Å². The molecule has 184 valence electrons. The third kappa shape index (κ3) is 5.81. The third-order valence-corrected chi connectivity index (χ3v) is 8.02. The number of nitrogens with zero attached hydrogens (tertiary/aromatic N) is 2. The lowest BCUT2D eigenvalue weighted by atomic mass is 10.00. The van der Waals surface area contributed by atoms with Crippen LogP contribution in [0.25, 0.3) is 0 Å². The Morgan fingerprint density at radius 2 is 1.97 bits per heavy atom. The number of fused-ring (bicyclic) bond motifs is 1. The van der Waals surface area contributed by atoms with Gasteiger partial charge in [0.15, 0.2) is 0 Å². The summed E-state index contributed by atoms with van der Waals surface area (Å²) in [5, 5.41) is 2.10. The number of carbonyl (C=O) groups is 2. The van der Waals surface area contributed by atoms with E-state index in [4.69, 9.17) is 9.47 Å². The first kappa shape index (κ1) is 24.7. The Hall–Kier alpha value is -2.38. The first-order valence-corrected chi connectivity index (χ1v) is 13.3. The van der Waals surface area contributed by atoms with Crippen LogP contribution < -0.4 is 4.74 Å². The Labute approximate surface area is 206 Å². The molecular weight excluding hydrogens is 448 g/mol. The van der Waals surface area contributed by atoms with Crippen molar-refractivity contribution in [2.24, 2.45) is 5.92 Å². The van der Waals surface area contributed by atoms with Crippen LogP contribution in [0.4, 0.5) is 0 Å². The van der Waals surface area contributed by atoms with Crippen LogP contribution in [0.3, 0.4) is 0 Å². The van der Waals surface area contributed by atoms with Crippen molar-refractivity contribution in [1.29, 1.82) is 0 Å². The summed E-state index contributed by atoms with van der Waals surface area (Å²) in [6.07, 6.45) is 5.64. The topological polar surface area (TPSA) is 59.1 Å². The summed E-state index contributed by atoms with van der Waals surface area (Å²) < 4.78 is 11.4. The highest BCUT2D eigenvalue weighted by Gasteiger charge is 2.35. The lowest BCUT2D eigenvalue weighted by Crippen LogP contribution is -2.49. The molecule has 0 N–H and O–H groups in total. The minimum Gasteiger partial charge on any atom is -0.491 e. The number of carbonyl (C=O) groups excluding carboxylic acids is 2. The molecule has 1 fully saturated rings. The monoisotopic (exact) mass is 484 g/mol. The molecule has 2 aliphatic rings. The van der Waals surface area contributed by atoms with E-state index >= 15 is 0 Å². The van der Waals surface area contributed by atoms with Crippen LogP contribution in [0.1, 0.15) is 54.1 Å². The Morgan fingerprint density at radius 1 is 1.18 bits per heavy atom. The second kappa shape index (κ2) is 11.8. The number of thiophene rings is 1. The zero-order valence-electron chi connectivity index (χ0n) is 20.3. The molecule has 2 heterocycles. The predicted octanol–water partition coefficient (Wildman–Crippen LogP) is 4.62. The van der Waals surface area contributed by atoms with Crippen molar-refractivity contribution >= 4 is 23.2 Å². The van der Waals surface area contributed by atoms with E-state index in [-0.39, 0.29) is 30.3 Å². The van der Waals surface area contributed by atoms with Gasteiger partial charge in [-0.2, -0.15) is 0 Å². The summed E-state index contributed by atoms with van der Waals surface area (Å²) >= 11 is 1.74. The average Bonchev–Trinajstić information content (AvgIpc) is 3.54. The molecule has 4 rings (SSSR count). The van der Waals surface area contributed by atoms with E-state index in [0.29, 0.717) is 26.3 Å². The summed E-state index contributed by atoms with van der Waals surface area (Å²) in [4.78, 5) is 31.9. The van der Waals surface area contributed by atoms with Crippen LogP contribution >= 0.6 is 11.3 Å². The quantitative estimate of drug-likeness (QED) is 0.462. The highest BCUT2D eigenvalue weighted by atomic mass is 32.1. The molecule has 6 nitrogen and oxygen atoms in total. The summed E-state index contributed by atoms with van der Waals surface area (Å²) in [6, 6.07) is 9.93. The Bertz CT molecular complexity index is 969. The molecule has 0 radical (unpaired) electrons. The van der Waals surface area contributed by atoms with E-state index in [1.807, 2.05) is 36.1 Å². The maximum Gasteiger partial charge on any atom is 0.242 e. The molecule has 1 unspecified atom stereocenters. The number of methoxy groups -OCH3 is 1. The molecule has 1 atom stereocenters. The summed E-state index contributed by atoms with van der Waals surface area (Å²) in [6.45, 7) is 4.34. The van der Waals surface area contributed by atoms with Gasteiger partial charge in [-0.05, 0) is 61.2 Å². The molecule has 0 saturated heterocycles. The summed E-state index contributed by atoms with van der Waals surface area (Å²) in [7, 11) is 1.67. The van der Waals surface area contributed by atoms with Crippen molar-refractivity contribution in [3.63, 3.8) is 0 Å². The van der Waals surface area contributed by atoms with Crippen molar-refractivity contribution in [3.05, 3.63) is 51.7 Å². The minimum absolute atomic E-state index is 0.000928. The minimum atomic E-state index is -0.149. The first-order chi connectivity index (χ1) is 16.6.